The van der Waals surface area contributed by atoms with E-state index in [0.29, 0.717) is 17.7 Å². The van der Waals surface area contributed by atoms with E-state index in [1.165, 1.54) is 38.1 Å². The largest absolute Gasteiger partial charge is 0.321 e. The van der Waals surface area contributed by atoms with Gasteiger partial charge in [-0.1, -0.05) is 25.7 Å². The van der Waals surface area contributed by atoms with Gasteiger partial charge in [-0.05, 0) is 12.8 Å². The molecular formula is C17H22N8O2S. The van der Waals surface area contributed by atoms with E-state index in [0.717, 1.165) is 30.1 Å². The van der Waals surface area contributed by atoms with Gasteiger partial charge in [-0.25, -0.2) is 28.1 Å². The molecule has 3 heterocycles. The van der Waals surface area contributed by atoms with Gasteiger partial charge >= 0.3 is 0 Å². The van der Waals surface area contributed by atoms with Gasteiger partial charge < -0.3 is 5.32 Å². The summed E-state index contributed by atoms with van der Waals surface area (Å²) in [5.74, 6) is 0.422. The van der Waals surface area contributed by atoms with E-state index in [9.17, 15) is 8.42 Å². The van der Waals surface area contributed by atoms with Crippen LogP contribution in [0.1, 0.15) is 44.6 Å². The van der Waals surface area contributed by atoms with E-state index < -0.39 is 10.0 Å². The number of rotatable bonds is 5. The van der Waals surface area contributed by atoms with E-state index in [2.05, 4.69) is 35.1 Å². The van der Waals surface area contributed by atoms with Crippen molar-refractivity contribution in [2.24, 2.45) is 0 Å². The Kier molecular flexibility index (Phi) is 5.07. The van der Waals surface area contributed by atoms with Crippen molar-refractivity contribution in [3.63, 3.8) is 0 Å². The first-order valence-corrected chi connectivity index (χ1v) is 11.1. The molecular weight excluding hydrogens is 380 g/mol. The van der Waals surface area contributed by atoms with Crippen LogP contribution in [0, 0.1) is 0 Å². The molecule has 148 valence electrons. The van der Waals surface area contributed by atoms with Crippen LogP contribution in [0.2, 0.25) is 0 Å². The fourth-order valence-electron chi connectivity index (χ4n) is 3.41. The normalized spacial score (nSPS) is 16.0. The smallest absolute Gasteiger partial charge is 0.236 e. The predicted octanol–water partition coefficient (Wildman–Crippen LogP) is 2.63. The molecule has 4 rings (SSSR count). The van der Waals surface area contributed by atoms with Crippen molar-refractivity contribution in [2.45, 2.75) is 44.6 Å². The average molecular weight is 402 g/mol. The Morgan fingerprint density at radius 3 is 2.32 bits per heavy atom. The summed E-state index contributed by atoms with van der Waals surface area (Å²) in [6.07, 6.45) is 14.8. The monoisotopic (exact) mass is 402 g/mol. The van der Waals surface area contributed by atoms with Gasteiger partial charge in [0.1, 0.15) is 0 Å². The van der Waals surface area contributed by atoms with Crippen LogP contribution in [0.3, 0.4) is 0 Å². The van der Waals surface area contributed by atoms with E-state index in [1.807, 2.05) is 4.68 Å². The van der Waals surface area contributed by atoms with Gasteiger partial charge in [-0.2, -0.15) is 10.1 Å². The van der Waals surface area contributed by atoms with Crippen LogP contribution in [-0.2, 0) is 10.0 Å². The van der Waals surface area contributed by atoms with Crippen LogP contribution in [0.5, 0.6) is 0 Å². The van der Waals surface area contributed by atoms with Crippen molar-refractivity contribution in [2.75, 3.05) is 16.3 Å². The molecule has 1 fully saturated rings. The molecule has 0 unspecified atom stereocenters. The molecule has 0 atom stereocenters. The molecule has 0 bridgehead atoms. The minimum atomic E-state index is -3.41. The second-order valence-electron chi connectivity index (χ2n) is 7.00. The Labute approximate surface area is 162 Å². The highest BCUT2D eigenvalue weighted by atomic mass is 32.2. The molecule has 28 heavy (non-hydrogen) atoms. The third-order valence-electron chi connectivity index (χ3n) is 4.69. The fraction of sp³-hybridized carbons (Fsp3) is 0.471. The zero-order chi connectivity index (χ0) is 19.6. The Morgan fingerprint density at radius 2 is 1.64 bits per heavy atom. The van der Waals surface area contributed by atoms with E-state index >= 15 is 0 Å². The maximum absolute atomic E-state index is 11.2. The number of sulfonamides is 1. The molecule has 0 aliphatic heterocycles. The van der Waals surface area contributed by atoms with Crippen molar-refractivity contribution in [1.29, 1.82) is 0 Å². The summed E-state index contributed by atoms with van der Waals surface area (Å²) in [4.78, 5) is 16.9. The third kappa shape index (κ3) is 4.35. The Bertz CT molecular complexity index is 1060. The van der Waals surface area contributed by atoms with Gasteiger partial charge in [0.2, 0.25) is 21.9 Å². The van der Waals surface area contributed by atoms with E-state index in [4.69, 9.17) is 0 Å². The van der Waals surface area contributed by atoms with Crippen molar-refractivity contribution in [3.05, 3.63) is 24.8 Å². The van der Waals surface area contributed by atoms with Crippen LogP contribution in [0.25, 0.3) is 11.0 Å². The highest BCUT2D eigenvalue weighted by Crippen LogP contribution is 2.29. The molecule has 1 aliphatic rings. The molecule has 2 N–H and O–H groups in total. The Morgan fingerprint density at radius 1 is 0.964 bits per heavy atom. The molecule has 11 heteroatoms. The van der Waals surface area contributed by atoms with Gasteiger partial charge in [-0.3, -0.25) is 4.72 Å². The van der Waals surface area contributed by atoms with E-state index in [-0.39, 0.29) is 5.95 Å². The number of nitrogens with one attached hydrogen (secondary N) is 2. The zero-order valence-electron chi connectivity index (χ0n) is 15.5. The highest BCUT2D eigenvalue weighted by Gasteiger charge is 2.18. The van der Waals surface area contributed by atoms with Crippen molar-refractivity contribution < 1.29 is 8.42 Å². The summed E-state index contributed by atoms with van der Waals surface area (Å²) in [5.41, 5.74) is 1.36. The number of hydrogen-bond acceptors (Lipinski definition) is 8. The topological polar surface area (TPSA) is 128 Å². The Hall–Kier alpha value is -2.82. The van der Waals surface area contributed by atoms with E-state index in [1.54, 1.807) is 12.4 Å². The molecule has 0 spiro atoms. The lowest BCUT2D eigenvalue weighted by Crippen LogP contribution is -2.12. The first kappa shape index (κ1) is 18.5. The van der Waals surface area contributed by atoms with Crippen LogP contribution >= 0.6 is 0 Å². The summed E-state index contributed by atoms with van der Waals surface area (Å²) in [6.45, 7) is 0. The predicted molar refractivity (Wildman–Crippen MR) is 106 cm³/mol. The minimum Gasteiger partial charge on any atom is -0.321 e. The summed E-state index contributed by atoms with van der Waals surface area (Å²) in [6, 6.07) is 0.368. The van der Waals surface area contributed by atoms with Crippen molar-refractivity contribution in [1.82, 2.24) is 29.7 Å². The van der Waals surface area contributed by atoms with Gasteiger partial charge in [0.05, 0.1) is 42.0 Å². The van der Waals surface area contributed by atoms with Gasteiger partial charge in [0.15, 0.2) is 5.65 Å². The van der Waals surface area contributed by atoms with Gasteiger partial charge in [-0.15, -0.1) is 0 Å². The second kappa shape index (κ2) is 7.66. The number of aromatic nitrogens is 6. The fourth-order valence-corrected chi connectivity index (χ4v) is 3.84. The SMILES string of the molecule is CS(=O)(=O)Nc1ncc(Nc2ncc3cnn(C4CCCCCC4)c3n2)cn1. The molecule has 1 saturated carbocycles. The molecule has 0 radical (unpaired) electrons. The average Bonchev–Trinajstić information content (AvgIpc) is 2.87. The van der Waals surface area contributed by atoms with Crippen LogP contribution in [0.4, 0.5) is 17.6 Å². The van der Waals surface area contributed by atoms with Gasteiger partial charge in [0, 0.05) is 6.20 Å². The Balaban J connectivity index is 1.55. The lowest BCUT2D eigenvalue weighted by Gasteiger charge is -2.15. The molecule has 10 nitrogen and oxygen atoms in total. The molecule has 0 saturated heterocycles. The molecule has 1 aliphatic carbocycles. The van der Waals surface area contributed by atoms with Crippen molar-refractivity contribution >= 4 is 38.6 Å². The number of fused-ring (bicyclic) bond motifs is 1. The van der Waals surface area contributed by atoms with Crippen LogP contribution in [0.15, 0.2) is 24.8 Å². The molecule has 3 aromatic rings. The van der Waals surface area contributed by atoms with Crippen LogP contribution < -0.4 is 10.0 Å². The lowest BCUT2D eigenvalue weighted by molar-refractivity contribution is 0.415. The quantitative estimate of drug-likeness (QED) is 0.623. The summed E-state index contributed by atoms with van der Waals surface area (Å²) >= 11 is 0. The zero-order valence-corrected chi connectivity index (χ0v) is 16.4. The summed E-state index contributed by atoms with van der Waals surface area (Å²) < 4.78 is 26.7. The summed E-state index contributed by atoms with van der Waals surface area (Å²) in [7, 11) is -3.41. The molecule has 3 aromatic heterocycles. The summed E-state index contributed by atoms with van der Waals surface area (Å²) in [5, 5.41) is 8.51. The first-order valence-electron chi connectivity index (χ1n) is 9.25. The minimum absolute atomic E-state index is 0.0101. The third-order valence-corrected chi connectivity index (χ3v) is 5.24. The standard InChI is InChI=1S/C17H22N8O2S/c1-28(26,27)24-16-19-10-13(11-20-16)22-17-18-8-12-9-21-25(15(12)23-17)14-6-4-2-3-5-7-14/h8-11,14H,2-7H2,1H3,(H,18,22,23)(H,19,20,24). The highest BCUT2D eigenvalue weighted by molar-refractivity contribution is 7.91. The maximum Gasteiger partial charge on any atom is 0.236 e. The maximum atomic E-state index is 11.2. The number of hydrogen-bond donors (Lipinski definition) is 2. The second-order valence-corrected chi connectivity index (χ2v) is 8.75. The van der Waals surface area contributed by atoms with Crippen molar-refractivity contribution in [3.8, 4) is 0 Å². The lowest BCUT2D eigenvalue weighted by atomic mass is 10.1. The molecule has 0 aromatic carbocycles. The number of nitrogens with zero attached hydrogens (tertiary/aromatic N) is 6. The first-order chi connectivity index (χ1) is 13.5. The molecule has 0 amide bonds. The van der Waals surface area contributed by atoms with Crippen LogP contribution in [-0.4, -0.2) is 44.4 Å². The number of anilines is 3. The van der Waals surface area contributed by atoms with Gasteiger partial charge in [0.25, 0.3) is 0 Å².